The molecule has 2 aromatic heterocycles. The maximum Gasteiger partial charge on any atom is 0.252 e. The third-order valence-electron chi connectivity index (χ3n) is 3.74. The second-order valence-corrected chi connectivity index (χ2v) is 5.62. The van der Waals surface area contributed by atoms with Gasteiger partial charge in [-0.1, -0.05) is 12.1 Å². The van der Waals surface area contributed by atoms with Gasteiger partial charge < -0.3 is 11.1 Å². The fourth-order valence-electron chi connectivity index (χ4n) is 2.49. The van der Waals surface area contributed by atoms with Crippen molar-refractivity contribution in [1.82, 2.24) is 15.0 Å². The van der Waals surface area contributed by atoms with Gasteiger partial charge in [0.2, 0.25) is 0 Å². The summed E-state index contributed by atoms with van der Waals surface area (Å²) in [6.45, 7) is 0.449. The van der Waals surface area contributed by atoms with Crippen molar-refractivity contribution in [3.05, 3.63) is 83.2 Å². The molecule has 3 N–H and O–H groups in total. The van der Waals surface area contributed by atoms with Gasteiger partial charge in [-0.05, 0) is 23.8 Å². The van der Waals surface area contributed by atoms with Gasteiger partial charge in [0.25, 0.3) is 5.91 Å². The Hall–Kier alpha value is -3.79. The van der Waals surface area contributed by atoms with Crippen molar-refractivity contribution in [2.75, 3.05) is 5.32 Å². The van der Waals surface area contributed by atoms with Crippen LogP contribution in [0.5, 0.6) is 0 Å². The molecule has 0 unspecified atom stereocenters. The van der Waals surface area contributed by atoms with Crippen LogP contribution < -0.4 is 11.1 Å². The fourth-order valence-corrected chi connectivity index (χ4v) is 2.49. The van der Waals surface area contributed by atoms with Crippen LogP contribution >= 0.6 is 0 Å². The number of rotatable bonds is 6. The van der Waals surface area contributed by atoms with E-state index in [2.05, 4.69) is 26.3 Å². The second kappa shape index (κ2) is 7.85. The second-order valence-electron chi connectivity index (χ2n) is 5.62. The Labute approximate surface area is 150 Å². The molecular formula is C19H16N6O. The molecule has 0 radical (unpaired) electrons. The molecule has 3 rings (SSSR count). The summed E-state index contributed by atoms with van der Waals surface area (Å²) in [6, 6.07) is 11.1. The van der Waals surface area contributed by atoms with Crippen molar-refractivity contribution in [3.63, 3.8) is 0 Å². The molecule has 0 aliphatic heterocycles. The number of nitrogens with one attached hydrogen (secondary N) is 1. The van der Waals surface area contributed by atoms with Gasteiger partial charge in [0.1, 0.15) is 0 Å². The van der Waals surface area contributed by atoms with Crippen molar-refractivity contribution in [2.45, 2.75) is 13.0 Å². The first kappa shape index (κ1) is 17.0. The minimum absolute atomic E-state index is 0.310. The number of carbonyl (C=O) groups excluding carboxylic acids is 1. The zero-order chi connectivity index (χ0) is 18.4. The van der Waals surface area contributed by atoms with E-state index >= 15 is 0 Å². The summed E-state index contributed by atoms with van der Waals surface area (Å²) in [5.74, 6) is -0.558. The molecule has 0 aliphatic carbocycles. The lowest BCUT2D eigenvalue weighted by molar-refractivity contribution is 0.100. The van der Waals surface area contributed by atoms with E-state index in [1.165, 1.54) is 6.20 Å². The van der Waals surface area contributed by atoms with Gasteiger partial charge in [-0.25, -0.2) is 0 Å². The first-order chi connectivity index (χ1) is 12.7. The number of pyridine rings is 1. The molecule has 0 bridgehead atoms. The van der Waals surface area contributed by atoms with Crippen molar-refractivity contribution in [1.29, 1.82) is 5.26 Å². The zero-order valence-corrected chi connectivity index (χ0v) is 13.9. The highest BCUT2D eigenvalue weighted by molar-refractivity contribution is 5.98. The van der Waals surface area contributed by atoms with E-state index < -0.39 is 5.91 Å². The van der Waals surface area contributed by atoms with Crippen LogP contribution in [0.2, 0.25) is 0 Å². The maximum atomic E-state index is 11.7. The Balaban J connectivity index is 1.82. The van der Waals surface area contributed by atoms with Crippen LogP contribution in [-0.2, 0) is 13.0 Å². The number of nitrogens with zero attached hydrogens (tertiary/aromatic N) is 4. The summed E-state index contributed by atoms with van der Waals surface area (Å²) in [5, 5.41) is 12.2. The minimum Gasteiger partial charge on any atom is -0.380 e. The highest BCUT2D eigenvalue weighted by atomic mass is 16.1. The average Bonchev–Trinajstić information content (AvgIpc) is 2.67. The Morgan fingerprint density at radius 1 is 1.15 bits per heavy atom. The third kappa shape index (κ3) is 4.19. The van der Waals surface area contributed by atoms with E-state index in [0.29, 0.717) is 29.8 Å². The Morgan fingerprint density at radius 3 is 2.77 bits per heavy atom. The van der Waals surface area contributed by atoms with E-state index in [1.807, 2.05) is 12.1 Å². The Bertz CT molecular complexity index is 965. The molecule has 0 fully saturated rings. The number of anilines is 1. The summed E-state index contributed by atoms with van der Waals surface area (Å²) in [7, 11) is 0. The summed E-state index contributed by atoms with van der Waals surface area (Å²) < 4.78 is 0. The molecule has 7 heteroatoms. The number of nitrogens with two attached hydrogens (primary N) is 1. The van der Waals surface area contributed by atoms with Crippen molar-refractivity contribution >= 4 is 11.6 Å². The van der Waals surface area contributed by atoms with E-state index in [-0.39, 0.29) is 0 Å². The molecule has 26 heavy (non-hydrogen) atoms. The lowest BCUT2D eigenvalue weighted by Crippen LogP contribution is -2.15. The monoisotopic (exact) mass is 344 g/mol. The largest absolute Gasteiger partial charge is 0.380 e. The highest BCUT2D eigenvalue weighted by Gasteiger charge is 2.11. The van der Waals surface area contributed by atoms with Gasteiger partial charge in [-0.2, -0.15) is 5.26 Å². The predicted molar refractivity (Wildman–Crippen MR) is 96.1 cm³/mol. The van der Waals surface area contributed by atoms with E-state index in [0.717, 1.165) is 17.0 Å². The molecule has 2 heterocycles. The van der Waals surface area contributed by atoms with Gasteiger partial charge in [-0.15, -0.1) is 0 Å². The summed E-state index contributed by atoms with van der Waals surface area (Å²) in [4.78, 5) is 24.2. The lowest BCUT2D eigenvalue weighted by Gasteiger charge is -2.12. The number of benzene rings is 1. The Kier molecular flexibility index (Phi) is 5.15. The standard InChI is InChI=1S/C19H16N6O/c20-9-13-2-1-3-14(6-13)10-25-18-8-15(24-12-17(18)19(21)26)7-16-11-22-4-5-23-16/h1-6,8,11-12H,7,10H2,(H2,21,26)(H,24,25). The van der Waals surface area contributed by atoms with Crippen LogP contribution in [0.25, 0.3) is 0 Å². The van der Waals surface area contributed by atoms with Crippen molar-refractivity contribution in [2.24, 2.45) is 5.73 Å². The zero-order valence-electron chi connectivity index (χ0n) is 13.9. The van der Waals surface area contributed by atoms with Gasteiger partial charge in [0.15, 0.2) is 0 Å². The molecule has 0 spiro atoms. The number of amides is 1. The molecule has 0 saturated heterocycles. The molecule has 0 atom stereocenters. The number of aromatic nitrogens is 3. The van der Waals surface area contributed by atoms with E-state index in [1.54, 1.807) is 36.8 Å². The molecule has 0 aliphatic rings. The molecule has 128 valence electrons. The molecule has 7 nitrogen and oxygen atoms in total. The highest BCUT2D eigenvalue weighted by Crippen LogP contribution is 2.18. The van der Waals surface area contributed by atoms with Gasteiger partial charge in [-0.3, -0.25) is 19.7 Å². The van der Waals surface area contributed by atoms with Gasteiger partial charge >= 0.3 is 0 Å². The number of hydrogen-bond donors (Lipinski definition) is 2. The minimum atomic E-state index is -0.558. The molecule has 1 aromatic carbocycles. The van der Waals surface area contributed by atoms with Gasteiger partial charge in [0, 0.05) is 43.4 Å². The number of nitriles is 1. The summed E-state index contributed by atoms with van der Waals surface area (Å²) >= 11 is 0. The molecule has 0 saturated carbocycles. The Morgan fingerprint density at radius 2 is 2.04 bits per heavy atom. The van der Waals surface area contributed by atoms with E-state index in [4.69, 9.17) is 11.0 Å². The smallest absolute Gasteiger partial charge is 0.252 e. The first-order valence-electron chi connectivity index (χ1n) is 7.92. The third-order valence-corrected chi connectivity index (χ3v) is 3.74. The SMILES string of the molecule is N#Cc1cccc(CNc2cc(Cc3cnccn3)ncc2C(N)=O)c1. The van der Waals surface area contributed by atoms with Crippen LogP contribution in [0.3, 0.4) is 0 Å². The topological polar surface area (TPSA) is 118 Å². The normalized spacial score (nSPS) is 10.1. The molecule has 1 amide bonds. The number of primary amides is 1. The molecular weight excluding hydrogens is 328 g/mol. The number of hydrogen-bond acceptors (Lipinski definition) is 6. The first-order valence-corrected chi connectivity index (χ1v) is 7.92. The maximum absolute atomic E-state index is 11.7. The summed E-state index contributed by atoms with van der Waals surface area (Å²) in [6.07, 6.45) is 6.85. The lowest BCUT2D eigenvalue weighted by atomic mass is 10.1. The molecule has 3 aromatic rings. The van der Waals surface area contributed by atoms with Crippen molar-refractivity contribution in [3.8, 4) is 6.07 Å². The van der Waals surface area contributed by atoms with Crippen molar-refractivity contribution < 1.29 is 4.79 Å². The van der Waals surface area contributed by atoms with Crippen LogP contribution in [0, 0.1) is 11.3 Å². The number of carbonyl (C=O) groups is 1. The quantitative estimate of drug-likeness (QED) is 0.706. The van der Waals surface area contributed by atoms with Crippen LogP contribution in [0.15, 0.2) is 55.1 Å². The van der Waals surface area contributed by atoms with Crippen LogP contribution in [-0.4, -0.2) is 20.9 Å². The average molecular weight is 344 g/mol. The fraction of sp³-hybridized carbons (Fsp3) is 0.105. The van der Waals surface area contributed by atoms with E-state index in [9.17, 15) is 4.79 Å². The predicted octanol–water partition coefficient (Wildman–Crippen LogP) is 2.05. The van der Waals surface area contributed by atoms with Crippen LogP contribution in [0.1, 0.15) is 32.9 Å². The van der Waals surface area contributed by atoms with Gasteiger partial charge in [0.05, 0.1) is 28.6 Å². The van der Waals surface area contributed by atoms with Crippen LogP contribution in [0.4, 0.5) is 5.69 Å². The summed E-state index contributed by atoms with van der Waals surface area (Å²) in [5.41, 5.74) is 9.37.